The summed E-state index contributed by atoms with van der Waals surface area (Å²) in [4.78, 5) is 0. The van der Waals surface area contributed by atoms with Crippen molar-refractivity contribution in [1.29, 1.82) is 0 Å². The van der Waals surface area contributed by atoms with Gasteiger partial charge in [0.1, 0.15) is 0 Å². The zero-order chi connectivity index (χ0) is 80.5. The van der Waals surface area contributed by atoms with Crippen LogP contribution in [-0.4, -0.2) is 143 Å². The number of hydrogen-bond donors (Lipinski definition) is 0. The second-order valence-corrected chi connectivity index (χ2v) is 35.2. The summed E-state index contributed by atoms with van der Waals surface area (Å²) in [5, 5.41) is 0. The number of rotatable bonds is 28. The van der Waals surface area contributed by atoms with E-state index < -0.39 is 0 Å². The fourth-order valence-electron chi connectivity index (χ4n) is 11.4. The molecule has 0 spiro atoms. The van der Waals surface area contributed by atoms with E-state index in [1.54, 1.807) is 14.2 Å². The molecule has 0 aromatic heterocycles. The Kier molecular flexibility index (Phi) is 84.1. The van der Waals surface area contributed by atoms with Crippen LogP contribution in [0.4, 0.5) is 0 Å². The van der Waals surface area contributed by atoms with Crippen molar-refractivity contribution in [1.82, 2.24) is 0 Å². The Hall–Kier alpha value is -0.440. The maximum atomic E-state index is 5.70. The molecule has 11 nitrogen and oxygen atoms in total. The Balaban J connectivity index is -0.000000195. The Morgan fingerprint density at radius 3 is 0.784 bits per heavy atom. The smallest absolute Gasteiger partial charge is 0.0602 e. The highest BCUT2D eigenvalue weighted by Gasteiger charge is 2.23. The lowest BCUT2D eigenvalue weighted by Crippen LogP contribution is -2.28. The molecule has 0 aliphatic heterocycles. The van der Waals surface area contributed by atoms with Crippen molar-refractivity contribution < 1.29 is 52.1 Å². The Bertz CT molecular complexity index is 1560. The fourth-order valence-corrected chi connectivity index (χ4v) is 11.4. The normalized spacial score (nSPS) is 18.7. The van der Waals surface area contributed by atoms with Crippen molar-refractivity contribution in [3.05, 3.63) is 0 Å². The van der Waals surface area contributed by atoms with Crippen molar-refractivity contribution in [3.63, 3.8) is 0 Å². The molecular formula is C91H196O11. The van der Waals surface area contributed by atoms with Crippen LogP contribution in [0.3, 0.4) is 0 Å². The van der Waals surface area contributed by atoms with Gasteiger partial charge < -0.3 is 52.1 Å². The number of hydrogen-bond acceptors (Lipinski definition) is 11. The molecule has 10 atom stereocenters. The van der Waals surface area contributed by atoms with Crippen LogP contribution in [0.15, 0.2) is 0 Å². The van der Waals surface area contributed by atoms with Crippen molar-refractivity contribution in [2.75, 3.05) is 82.3 Å². The van der Waals surface area contributed by atoms with Crippen LogP contribution in [0.25, 0.3) is 0 Å². The zero-order valence-corrected chi connectivity index (χ0v) is 77.2. The molecule has 11 heteroatoms. The van der Waals surface area contributed by atoms with Crippen molar-refractivity contribution in [3.8, 4) is 0 Å². The minimum Gasteiger partial charge on any atom is -0.381 e. The molecule has 10 unspecified atom stereocenters. The quantitative estimate of drug-likeness (QED) is 0.0700. The minimum absolute atomic E-state index is 0.00366. The van der Waals surface area contributed by atoms with Crippen LogP contribution in [0.2, 0.25) is 0 Å². The molecule has 102 heavy (non-hydrogen) atoms. The molecule has 4 saturated carbocycles. The summed E-state index contributed by atoms with van der Waals surface area (Å²) in [7, 11) is 10.8. The summed E-state index contributed by atoms with van der Waals surface area (Å²) in [6.45, 7) is 76.1. The Labute approximate surface area is 644 Å². The third-order valence-electron chi connectivity index (χ3n) is 21.2. The first-order chi connectivity index (χ1) is 47.5. The average Bonchev–Trinajstić information content (AvgIpc) is 1.99. The second kappa shape index (κ2) is 74.6. The van der Waals surface area contributed by atoms with Gasteiger partial charge in [0.25, 0.3) is 0 Å². The lowest BCUT2D eigenvalue weighted by molar-refractivity contribution is -0.0698. The third-order valence-corrected chi connectivity index (χ3v) is 21.2. The largest absolute Gasteiger partial charge is 0.381 e. The van der Waals surface area contributed by atoms with Gasteiger partial charge in [0.05, 0.1) is 73.8 Å². The van der Waals surface area contributed by atoms with E-state index in [1.807, 2.05) is 49.2 Å². The van der Waals surface area contributed by atoms with Crippen LogP contribution < -0.4 is 0 Å². The van der Waals surface area contributed by atoms with E-state index in [0.29, 0.717) is 95.4 Å². The SMILES string of the molecule is CC(C)C(C)OC(C)(C)C.CC(C)OC(C)C(C)C.CCC(C)C(C)OC.CCOCC(C)(C)C.CCOCC(C)(C)CC.CCOCC(C)C.COC(C)C(C)C(C)C.COC(C)C1CCCC1.COC(C)C1CCCCC1.COC(C)C1CCCCCC1.COC(C)C1CCCCCCC1. The monoisotopic (exact) mass is 1470 g/mol. The fraction of sp³-hybridized carbons (Fsp3) is 1.00. The van der Waals surface area contributed by atoms with Gasteiger partial charge >= 0.3 is 0 Å². The van der Waals surface area contributed by atoms with E-state index >= 15 is 0 Å². The van der Waals surface area contributed by atoms with Gasteiger partial charge in [0.15, 0.2) is 0 Å². The van der Waals surface area contributed by atoms with Crippen LogP contribution >= 0.6 is 0 Å². The molecule has 4 rings (SSSR count). The van der Waals surface area contributed by atoms with Gasteiger partial charge in [-0.2, -0.15) is 0 Å². The summed E-state index contributed by atoms with van der Waals surface area (Å²) in [5.74, 6) is 7.37. The van der Waals surface area contributed by atoms with E-state index in [1.165, 1.54) is 154 Å². The van der Waals surface area contributed by atoms with Crippen molar-refractivity contribution >= 4 is 0 Å². The summed E-state index contributed by atoms with van der Waals surface area (Å²) in [6.07, 6.45) is 37.3. The predicted molar refractivity (Wildman–Crippen MR) is 451 cm³/mol. The molecule has 4 aliphatic rings. The van der Waals surface area contributed by atoms with Crippen LogP contribution in [0, 0.1) is 70.0 Å². The van der Waals surface area contributed by atoms with Crippen molar-refractivity contribution in [2.45, 2.75) is 443 Å². The molecule has 626 valence electrons. The first-order valence-corrected chi connectivity index (χ1v) is 42.7. The highest BCUT2D eigenvalue weighted by molar-refractivity contribution is 4.74. The predicted octanol–water partition coefficient (Wildman–Crippen LogP) is 27.1. The molecule has 0 heterocycles. The molecule has 0 aromatic carbocycles. The topological polar surface area (TPSA) is 102 Å². The molecule has 4 fully saturated rings. The van der Waals surface area contributed by atoms with Gasteiger partial charge in [0.2, 0.25) is 0 Å². The highest BCUT2D eigenvalue weighted by Crippen LogP contribution is 2.31. The summed E-state index contributed by atoms with van der Waals surface area (Å²) < 4.78 is 58.3. The molecular weight excluding hydrogens is 1270 g/mol. The van der Waals surface area contributed by atoms with E-state index in [2.05, 4.69) is 208 Å². The van der Waals surface area contributed by atoms with E-state index in [4.69, 9.17) is 52.1 Å². The van der Waals surface area contributed by atoms with E-state index in [9.17, 15) is 0 Å². The summed E-state index contributed by atoms with van der Waals surface area (Å²) in [5.41, 5.74) is 0.704. The molecule has 4 aliphatic carbocycles. The second-order valence-electron chi connectivity index (χ2n) is 35.2. The third kappa shape index (κ3) is 80.6. The molecule has 0 saturated heterocycles. The minimum atomic E-state index is 0.00366. The van der Waals surface area contributed by atoms with Gasteiger partial charge in [-0.3, -0.25) is 0 Å². The van der Waals surface area contributed by atoms with E-state index in [0.717, 1.165) is 69.2 Å². The lowest BCUT2D eigenvalue weighted by Gasteiger charge is -2.27. The van der Waals surface area contributed by atoms with Gasteiger partial charge in [-0.05, 0) is 239 Å². The first-order valence-electron chi connectivity index (χ1n) is 42.7. The van der Waals surface area contributed by atoms with Crippen molar-refractivity contribution in [2.24, 2.45) is 70.0 Å². The van der Waals surface area contributed by atoms with Gasteiger partial charge in [0, 0.05) is 69.1 Å². The average molecular weight is 1470 g/mol. The standard InChI is InChI=1S/C11H22O.C10H20O.C9H18O.C9H20O.C8H16O.3C8H18O.2C7H16O.C6H14O/c1-10(12-2)11-8-6-4-3-5-7-9-11;1-9(11-2)10-7-5-3-4-6-8-10;1-8(10-2)9-6-4-3-5-7-9;1-7(2)8(3)10-9(4,5)6;1-7(9-2)8-5-3-4-6-8;1-6(2)7(3)8(4)9-5;1-6(2)8(5)9-7(3)4;1-5-8(3,4)7-9-6-2;1-5-8-6-7(2,3)4;1-5-6(2)7(3)8-4;1-4-7-5-6(2)3/h10-11H,3-9H2,1-2H3;9-10H,3-8H2,1-2H3;8-9H,3-7H2,1-2H3;7-8H,1-6H3;7-8H,3-6H2,1-2H3;2*6-8H,1-5H3;5-7H2,1-4H3;5-6H2,1-4H3;6-7H,5H2,1-4H3;6H,4-5H2,1-3H3. The molecule has 0 bridgehead atoms. The van der Waals surface area contributed by atoms with Gasteiger partial charge in [-0.15, -0.1) is 0 Å². The maximum Gasteiger partial charge on any atom is 0.0602 e. The molecule has 0 radical (unpaired) electrons. The lowest BCUT2D eigenvalue weighted by atomic mass is 9.86. The number of methoxy groups -OCH3 is 6. The summed E-state index contributed by atoms with van der Waals surface area (Å²) in [6, 6.07) is 0. The summed E-state index contributed by atoms with van der Waals surface area (Å²) >= 11 is 0. The molecule has 0 aromatic rings. The van der Waals surface area contributed by atoms with Crippen LogP contribution in [-0.2, 0) is 52.1 Å². The van der Waals surface area contributed by atoms with Crippen LogP contribution in [0.5, 0.6) is 0 Å². The first kappa shape index (κ1) is 115. The van der Waals surface area contributed by atoms with Gasteiger partial charge in [-0.25, -0.2) is 0 Å². The molecule has 0 N–H and O–H groups in total. The maximum absolute atomic E-state index is 5.70. The van der Waals surface area contributed by atoms with Gasteiger partial charge in [-0.1, -0.05) is 214 Å². The Morgan fingerprint density at radius 1 is 0.324 bits per heavy atom. The highest BCUT2D eigenvalue weighted by atomic mass is 16.5. The number of ether oxygens (including phenoxy) is 11. The Morgan fingerprint density at radius 2 is 0.618 bits per heavy atom. The molecule has 0 amide bonds. The van der Waals surface area contributed by atoms with E-state index in [-0.39, 0.29) is 5.60 Å². The zero-order valence-electron chi connectivity index (χ0n) is 77.2. The van der Waals surface area contributed by atoms with Crippen LogP contribution in [0.1, 0.15) is 383 Å².